The Kier molecular flexibility index (Phi) is 8.22. The zero-order valence-corrected chi connectivity index (χ0v) is 21.1. The first-order valence-corrected chi connectivity index (χ1v) is 14.1. The van der Waals surface area contributed by atoms with Crippen LogP contribution in [0.1, 0.15) is 29.0 Å². The van der Waals surface area contributed by atoms with Gasteiger partial charge in [0.1, 0.15) is 0 Å². The largest absolute Gasteiger partial charge is 0.481 e. The molecule has 7 nitrogen and oxygen atoms in total. The van der Waals surface area contributed by atoms with Crippen molar-refractivity contribution in [1.82, 2.24) is 5.32 Å². The first-order chi connectivity index (χ1) is 17.3. The van der Waals surface area contributed by atoms with Crippen LogP contribution in [0, 0.1) is 0 Å². The Morgan fingerprint density at radius 1 is 0.972 bits per heavy atom. The SMILES string of the molecule is O=C(O)CC(CS(=O)(=O)c1ccc(CCc2cccc(N=C3NC(=O)CS3)c2)cc1)c1ccccc1. The van der Waals surface area contributed by atoms with Gasteiger partial charge in [-0.05, 0) is 53.8 Å². The normalized spacial score (nSPS) is 15.6. The van der Waals surface area contributed by atoms with Gasteiger partial charge < -0.3 is 10.4 Å². The number of carboxylic acids is 1. The number of amides is 1. The van der Waals surface area contributed by atoms with Crippen molar-refractivity contribution in [2.45, 2.75) is 30.1 Å². The zero-order valence-electron chi connectivity index (χ0n) is 19.5. The number of carbonyl (C=O) groups is 2. The van der Waals surface area contributed by atoms with Crippen molar-refractivity contribution in [3.8, 4) is 0 Å². The molecule has 0 saturated carbocycles. The third kappa shape index (κ3) is 7.05. The molecule has 1 saturated heterocycles. The monoisotopic (exact) mass is 522 g/mol. The maximum Gasteiger partial charge on any atom is 0.303 e. The van der Waals surface area contributed by atoms with Crippen LogP contribution in [0.25, 0.3) is 0 Å². The predicted octanol–water partition coefficient (Wildman–Crippen LogP) is 4.35. The van der Waals surface area contributed by atoms with Crippen molar-refractivity contribution in [1.29, 1.82) is 0 Å². The average Bonchev–Trinajstić information content (AvgIpc) is 3.27. The highest BCUT2D eigenvalue weighted by Crippen LogP contribution is 2.26. The van der Waals surface area contributed by atoms with Gasteiger partial charge in [0, 0.05) is 5.92 Å². The molecule has 1 aliphatic rings. The van der Waals surface area contributed by atoms with Crippen molar-refractivity contribution in [2.75, 3.05) is 11.5 Å². The van der Waals surface area contributed by atoms with Gasteiger partial charge >= 0.3 is 5.97 Å². The highest BCUT2D eigenvalue weighted by molar-refractivity contribution is 8.15. The quantitative estimate of drug-likeness (QED) is 0.409. The molecule has 0 radical (unpaired) electrons. The van der Waals surface area contributed by atoms with Crippen LogP contribution in [-0.2, 0) is 32.3 Å². The second-order valence-corrected chi connectivity index (χ2v) is 11.6. The Hall–Kier alpha value is -3.43. The smallest absolute Gasteiger partial charge is 0.303 e. The number of hydrogen-bond acceptors (Lipinski definition) is 6. The predicted molar refractivity (Wildman–Crippen MR) is 141 cm³/mol. The van der Waals surface area contributed by atoms with Crippen LogP contribution in [0.3, 0.4) is 0 Å². The number of amidine groups is 1. The molecule has 36 heavy (non-hydrogen) atoms. The number of nitrogens with zero attached hydrogens (tertiary/aromatic N) is 1. The molecule has 3 aromatic carbocycles. The molecule has 1 heterocycles. The Morgan fingerprint density at radius 2 is 1.69 bits per heavy atom. The second kappa shape index (κ2) is 11.5. The molecule has 3 aromatic rings. The van der Waals surface area contributed by atoms with Crippen LogP contribution in [0.5, 0.6) is 0 Å². The zero-order chi connectivity index (χ0) is 25.5. The lowest BCUT2D eigenvalue weighted by Crippen LogP contribution is -2.19. The molecule has 4 rings (SSSR count). The molecular weight excluding hydrogens is 496 g/mol. The molecular formula is C27H26N2O5S2. The van der Waals surface area contributed by atoms with E-state index >= 15 is 0 Å². The molecule has 0 aliphatic carbocycles. The van der Waals surface area contributed by atoms with Crippen molar-refractivity contribution in [2.24, 2.45) is 4.99 Å². The summed E-state index contributed by atoms with van der Waals surface area (Å²) in [6.07, 6.45) is 1.22. The summed E-state index contributed by atoms with van der Waals surface area (Å²) in [5.74, 6) is -1.58. The number of aryl methyl sites for hydroxylation is 2. The Labute approximate surface area is 214 Å². The number of carbonyl (C=O) groups excluding carboxylic acids is 1. The van der Waals surface area contributed by atoms with Gasteiger partial charge in [0.05, 0.1) is 28.5 Å². The number of benzene rings is 3. The van der Waals surface area contributed by atoms with E-state index in [1.54, 1.807) is 48.5 Å². The summed E-state index contributed by atoms with van der Waals surface area (Å²) in [6.45, 7) is 0. The van der Waals surface area contributed by atoms with Crippen molar-refractivity contribution in [3.63, 3.8) is 0 Å². The number of rotatable bonds is 10. The van der Waals surface area contributed by atoms with Gasteiger partial charge in [-0.1, -0.05) is 66.4 Å². The number of nitrogens with one attached hydrogen (secondary N) is 1. The van der Waals surface area contributed by atoms with E-state index in [1.807, 2.05) is 30.3 Å². The molecule has 0 spiro atoms. The number of carboxylic acid groups (broad SMARTS) is 1. The molecule has 0 bridgehead atoms. The lowest BCUT2D eigenvalue weighted by Gasteiger charge is -2.16. The summed E-state index contributed by atoms with van der Waals surface area (Å²) in [6, 6.07) is 23.5. The summed E-state index contributed by atoms with van der Waals surface area (Å²) >= 11 is 1.38. The van der Waals surface area contributed by atoms with E-state index in [9.17, 15) is 23.1 Å². The lowest BCUT2D eigenvalue weighted by atomic mass is 9.98. The number of aliphatic imine (C=N–C) groups is 1. The second-order valence-electron chi connectivity index (χ2n) is 8.55. The molecule has 186 valence electrons. The highest BCUT2D eigenvalue weighted by atomic mass is 32.2. The summed E-state index contributed by atoms with van der Waals surface area (Å²) in [4.78, 5) is 27.3. The molecule has 1 unspecified atom stereocenters. The van der Waals surface area contributed by atoms with Crippen LogP contribution >= 0.6 is 11.8 Å². The maximum atomic E-state index is 13.1. The van der Waals surface area contributed by atoms with Crippen molar-refractivity contribution in [3.05, 3.63) is 95.6 Å². The summed E-state index contributed by atoms with van der Waals surface area (Å²) < 4.78 is 26.1. The van der Waals surface area contributed by atoms with E-state index in [1.165, 1.54) is 11.8 Å². The summed E-state index contributed by atoms with van der Waals surface area (Å²) in [7, 11) is -3.67. The fraction of sp³-hybridized carbons (Fsp3) is 0.222. The summed E-state index contributed by atoms with van der Waals surface area (Å²) in [5, 5.41) is 12.6. The molecule has 0 aromatic heterocycles. The molecule has 1 amide bonds. The first-order valence-electron chi connectivity index (χ1n) is 11.5. The van der Waals surface area contributed by atoms with Crippen molar-refractivity contribution >= 4 is 44.3 Å². The van der Waals surface area contributed by atoms with Gasteiger partial charge in [0.25, 0.3) is 0 Å². The van der Waals surface area contributed by atoms with Crippen molar-refractivity contribution < 1.29 is 23.1 Å². The molecule has 1 aliphatic heterocycles. The molecule has 9 heteroatoms. The maximum absolute atomic E-state index is 13.1. The Morgan fingerprint density at radius 3 is 2.36 bits per heavy atom. The third-order valence-electron chi connectivity index (χ3n) is 5.82. The fourth-order valence-electron chi connectivity index (χ4n) is 4.01. The van der Waals surface area contributed by atoms with Gasteiger partial charge in [-0.2, -0.15) is 0 Å². The van der Waals surface area contributed by atoms with Crippen LogP contribution in [0.4, 0.5) is 5.69 Å². The average molecular weight is 523 g/mol. The number of sulfone groups is 1. The fourth-order valence-corrected chi connectivity index (χ4v) is 6.29. The van der Waals surface area contributed by atoms with E-state index in [0.717, 1.165) is 29.7 Å². The molecule has 2 N–H and O–H groups in total. The van der Waals surface area contributed by atoms with Gasteiger partial charge in [-0.15, -0.1) is 0 Å². The molecule has 1 fully saturated rings. The van der Waals surface area contributed by atoms with E-state index < -0.39 is 21.7 Å². The standard InChI is InChI=1S/C27H26N2O5S2/c30-25-17-35-27(29-25)28-23-8-4-5-20(15-23)10-9-19-11-13-24(14-12-19)36(33,34)18-22(16-26(31)32)21-6-2-1-3-7-21/h1-8,11-15,22H,9-10,16-18H2,(H,31,32)(H,28,29,30). The Bertz CT molecular complexity index is 1370. The Balaban J connectivity index is 1.40. The van der Waals surface area contributed by atoms with E-state index in [-0.39, 0.29) is 23.0 Å². The minimum atomic E-state index is -3.67. The number of hydrogen-bond donors (Lipinski definition) is 2. The number of thioether (sulfide) groups is 1. The van der Waals surface area contributed by atoms with Gasteiger partial charge in [0.2, 0.25) is 5.91 Å². The van der Waals surface area contributed by atoms with Crippen LogP contribution < -0.4 is 5.32 Å². The van der Waals surface area contributed by atoms with Gasteiger partial charge in [0.15, 0.2) is 15.0 Å². The third-order valence-corrected chi connectivity index (χ3v) is 8.53. The van der Waals surface area contributed by atoms with Crippen LogP contribution in [0.2, 0.25) is 0 Å². The van der Waals surface area contributed by atoms with Crippen LogP contribution in [0.15, 0.2) is 88.8 Å². The minimum Gasteiger partial charge on any atom is -0.481 e. The molecule has 1 atom stereocenters. The van der Waals surface area contributed by atoms with E-state index in [0.29, 0.717) is 16.5 Å². The first kappa shape index (κ1) is 25.7. The topological polar surface area (TPSA) is 113 Å². The summed E-state index contributed by atoms with van der Waals surface area (Å²) in [5.41, 5.74) is 3.55. The van der Waals surface area contributed by atoms with Gasteiger partial charge in [-0.25, -0.2) is 13.4 Å². The van der Waals surface area contributed by atoms with Gasteiger partial charge in [-0.3, -0.25) is 9.59 Å². The minimum absolute atomic E-state index is 0.0437. The number of aliphatic carboxylic acids is 1. The van der Waals surface area contributed by atoms with E-state index in [2.05, 4.69) is 10.3 Å². The highest BCUT2D eigenvalue weighted by Gasteiger charge is 2.25. The lowest BCUT2D eigenvalue weighted by molar-refractivity contribution is -0.137. The van der Waals surface area contributed by atoms with Crippen LogP contribution in [-0.4, -0.2) is 42.1 Å². The van der Waals surface area contributed by atoms with E-state index in [4.69, 9.17) is 0 Å².